The highest BCUT2D eigenvalue weighted by Crippen LogP contribution is 2.44. The molecule has 0 aromatic heterocycles. The van der Waals surface area contributed by atoms with Crippen molar-refractivity contribution < 1.29 is 4.43 Å². The summed E-state index contributed by atoms with van der Waals surface area (Å²) in [6.45, 7) is 16.4. The van der Waals surface area contributed by atoms with Crippen molar-refractivity contribution in [1.29, 1.82) is 0 Å². The van der Waals surface area contributed by atoms with Crippen LogP contribution in [0.5, 0.6) is 0 Å². The third kappa shape index (κ3) is 3.44. The Kier molecular flexibility index (Phi) is 5.43. The molecular weight excluding hydrogens is 394 g/mol. The first kappa shape index (κ1) is 21.4. The Balaban J connectivity index is 1.71. The number of benzene rings is 2. The highest BCUT2D eigenvalue weighted by atomic mass is 28.4. The fourth-order valence-electron chi connectivity index (χ4n) is 7.60. The summed E-state index contributed by atoms with van der Waals surface area (Å²) in [5.41, 5.74) is 8.53. The van der Waals surface area contributed by atoms with Crippen molar-refractivity contribution in [2.24, 2.45) is 5.92 Å². The molecule has 3 atom stereocenters. The van der Waals surface area contributed by atoms with Gasteiger partial charge in [-0.3, -0.25) is 4.90 Å². The van der Waals surface area contributed by atoms with Gasteiger partial charge in [-0.2, -0.15) is 0 Å². The highest BCUT2D eigenvalue weighted by molar-refractivity contribution is 6.99. The van der Waals surface area contributed by atoms with Crippen LogP contribution in [0.25, 0.3) is 0 Å². The normalized spacial score (nSPS) is 27.7. The summed E-state index contributed by atoms with van der Waals surface area (Å²) in [4.78, 5) is 2.76. The summed E-state index contributed by atoms with van der Waals surface area (Å²) in [5, 5.41) is 3.15. The Morgan fingerprint density at radius 1 is 0.742 bits per heavy atom. The smallest absolute Gasteiger partial charge is 0.257 e. The van der Waals surface area contributed by atoms with Gasteiger partial charge in [0.25, 0.3) is 8.32 Å². The number of rotatable bonds is 2. The van der Waals surface area contributed by atoms with Gasteiger partial charge >= 0.3 is 0 Å². The molecule has 3 aliphatic rings. The molecule has 166 valence electrons. The number of fused-ring (bicyclic) bond motifs is 3. The van der Waals surface area contributed by atoms with E-state index in [1.807, 2.05) is 0 Å². The second-order valence-corrected chi connectivity index (χ2v) is 14.1. The highest BCUT2D eigenvalue weighted by Gasteiger charge is 2.57. The molecule has 0 bridgehead atoms. The van der Waals surface area contributed by atoms with E-state index in [2.05, 4.69) is 70.7 Å². The van der Waals surface area contributed by atoms with Crippen molar-refractivity contribution in [3.8, 4) is 0 Å². The van der Waals surface area contributed by atoms with Gasteiger partial charge in [0, 0.05) is 6.04 Å². The molecule has 2 nitrogen and oxygen atoms in total. The predicted molar refractivity (Wildman–Crippen MR) is 133 cm³/mol. The summed E-state index contributed by atoms with van der Waals surface area (Å²) in [6.07, 6.45) is 5.78. The first-order valence-corrected chi connectivity index (χ1v) is 14.5. The minimum Gasteiger partial charge on any atom is -0.403 e. The van der Waals surface area contributed by atoms with Crippen LogP contribution in [0, 0.1) is 47.5 Å². The van der Waals surface area contributed by atoms with E-state index in [0.29, 0.717) is 18.1 Å². The first-order valence-electron chi connectivity index (χ1n) is 12.4. The standard InChI is InChI=1S/C28H39NOSi/c1-18-13-20(3)27(21(4)14-18)31(28-22(5)15-19(2)16-23(28)6)17-24-10-12-29-11-8-7-9-25(29)26(24)30-31/h13-16,24-26H,7-12,17H2,1-6H3/t24-,25-,26+/m0/s1. The van der Waals surface area contributed by atoms with Gasteiger partial charge in [-0.15, -0.1) is 0 Å². The van der Waals surface area contributed by atoms with Crippen LogP contribution < -0.4 is 10.4 Å². The van der Waals surface area contributed by atoms with Gasteiger partial charge in [0.15, 0.2) is 0 Å². The summed E-state index contributed by atoms with van der Waals surface area (Å²) in [6, 6.07) is 11.5. The monoisotopic (exact) mass is 433 g/mol. The topological polar surface area (TPSA) is 12.5 Å². The molecule has 0 radical (unpaired) electrons. The van der Waals surface area contributed by atoms with Crippen LogP contribution in [0.15, 0.2) is 24.3 Å². The number of aryl methyl sites for hydroxylation is 6. The van der Waals surface area contributed by atoms with Crippen LogP contribution in [-0.2, 0) is 4.43 Å². The zero-order valence-corrected chi connectivity index (χ0v) is 21.3. The number of nitrogens with zero attached hydrogens (tertiary/aromatic N) is 1. The fourth-order valence-corrected chi connectivity index (χ4v) is 13.4. The van der Waals surface area contributed by atoms with Crippen molar-refractivity contribution in [3.05, 3.63) is 57.6 Å². The SMILES string of the molecule is Cc1cc(C)c([Si]2(c3c(C)cc(C)cc3C)C[C@@H]3CCN4CCCC[C@H]4[C@@H]3O2)c(C)c1. The quantitative estimate of drug-likeness (QED) is 0.627. The van der Waals surface area contributed by atoms with Crippen molar-refractivity contribution in [1.82, 2.24) is 4.90 Å². The number of hydrogen-bond acceptors (Lipinski definition) is 2. The van der Waals surface area contributed by atoms with Gasteiger partial charge in [-0.1, -0.05) is 41.8 Å². The third-order valence-corrected chi connectivity index (χ3v) is 13.3. The van der Waals surface area contributed by atoms with E-state index in [1.165, 1.54) is 78.2 Å². The lowest BCUT2D eigenvalue weighted by Crippen LogP contribution is -2.63. The molecule has 3 fully saturated rings. The molecule has 3 saturated heterocycles. The number of piperidine rings is 2. The molecule has 0 unspecified atom stereocenters. The average molecular weight is 434 g/mol. The maximum Gasteiger partial charge on any atom is 0.257 e. The van der Waals surface area contributed by atoms with E-state index in [1.54, 1.807) is 10.4 Å². The van der Waals surface area contributed by atoms with Crippen molar-refractivity contribution >= 4 is 18.7 Å². The van der Waals surface area contributed by atoms with Gasteiger partial charge in [-0.05, 0) is 118 Å². The van der Waals surface area contributed by atoms with E-state index in [4.69, 9.17) is 4.43 Å². The zero-order chi connectivity index (χ0) is 21.9. The van der Waals surface area contributed by atoms with Crippen LogP contribution in [0.1, 0.15) is 59.1 Å². The Hall–Kier alpha value is -1.42. The molecule has 0 saturated carbocycles. The molecule has 31 heavy (non-hydrogen) atoms. The van der Waals surface area contributed by atoms with Crippen molar-refractivity contribution in [2.45, 2.75) is 85.4 Å². The Morgan fingerprint density at radius 3 is 1.84 bits per heavy atom. The lowest BCUT2D eigenvalue weighted by molar-refractivity contribution is -0.00988. The van der Waals surface area contributed by atoms with Crippen LogP contribution >= 0.6 is 0 Å². The fraction of sp³-hybridized carbons (Fsp3) is 0.571. The molecule has 3 aliphatic heterocycles. The van der Waals surface area contributed by atoms with Crippen LogP contribution in [-0.4, -0.2) is 38.5 Å². The summed E-state index contributed by atoms with van der Waals surface area (Å²) in [7, 11) is -2.34. The van der Waals surface area contributed by atoms with E-state index in [9.17, 15) is 0 Å². The maximum absolute atomic E-state index is 7.59. The van der Waals surface area contributed by atoms with Crippen LogP contribution in [0.3, 0.4) is 0 Å². The van der Waals surface area contributed by atoms with E-state index >= 15 is 0 Å². The second kappa shape index (κ2) is 7.86. The van der Waals surface area contributed by atoms with Gasteiger partial charge in [-0.25, -0.2) is 0 Å². The van der Waals surface area contributed by atoms with E-state index in [-0.39, 0.29) is 0 Å². The van der Waals surface area contributed by atoms with Gasteiger partial charge in [0.1, 0.15) is 0 Å². The molecule has 2 aromatic rings. The summed E-state index contributed by atoms with van der Waals surface area (Å²) < 4.78 is 7.59. The minimum atomic E-state index is -2.34. The van der Waals surface area contributed by atoms with Crippen LogP contribution in [0.4, 0.5) is 0 Å². The molecule has 0 N–H and O–H groups in total. The maximum atomic E-state index is 7.59. The predicted octanol–water partition coefficient (Wildman–Crippen LogP) is 4.87. The third-order valence-electron chi connectivity index (χ3n) is 8.34. The lowest BCUT2D eigenvalue weighted by Gasteiger charge is -2.45. The van der Waals surface area contributed by atoms with E-state index in [0.717, 1.165) is 0 Å². The Morgan fingerprint density at radius 2 is 1.29 bits per heavy atom. The zero-order valence-electron chi connectivity index (χ0n) is 20.3. The minimum absolute atomic E-state index is 0.418. The summed E-state index contributed by atoms with van der Waals surface area (Å²) in [5.74, 6) is 0.714. The number of hydrogen-bond donors (Lipinski definition) is 0. The van der Waals surface area contributed by atoms with Gasteiger partial charge < -0.3 is 4.43 Å². The Labute approximate surface area is 190 Å². The molecule has 0 aliphatic carbocycles. The Bertz CT molecular complexity index is 909. The van der Waals surface area contributed by atoms with E-state index < -0.39 is 8.32 Å². The second-order valence-electron chi connectivity index (χ2n) is 10.8. The summed E-state index contributed by atoms with van der Waals surface area (Å²) >= 11 is 0. The molecule has 3 heteroatoms. The average Bonchev–Trinajstić information content (AvgIpc) is 3.06. The molecule has 2 aromatic carbocycles. The molecule has 0 amide bonds. The van der Waals surface area contributed by atoms with Crippen molar-refractivity contribution in [2.75, 3.05) is 13.1 Å². The first-order chi connectivity index (χ1) is 14.8. The molecular formula is C28H39NOSi. The lowest BCUT2D eigenvalue weighted by atomic mass is 9.84. The van der Waals surface area contributed by atoms with Gasteiger partial charge in [0.2, 0.25) is 0 Å². The molecule has 3 heterocycles. The van der Waals surface area contributed by atoms with Gasteiger partial charge in [0.05, 0.1) is 6.10 Å². The van der Waals surface area contributed by atoms with Crippen molar-refractivity contribution in [3.63, 3.8) is 0 Å². The largest absolute Gasteiger partial charge is 0.403 e. The van der Waals surface area contributed by atoms with Crippen LogP contribution in [0.2, 0.25) is 6.04 Å². The molecule has 0 spiro atoms. The molecule has 5 rings (SSSR count).